The van der Waals surface area contributed by atoms with Crippen molar-refractivity contribution in [1.29, 1.82) is 0 Å². The Balaban J connectivity index is 3.09. The van der Waals surface area contributed by atoms with E-state index in [4.69, 9.17) is 10.5 Å². The first-order chi connectivity index (χ1) is 6.54. The fourth-order valence-corrected chi connectivity index (χ4v) is 1.15. The molecule has 0 fully saturated rings. The maximum absolute atomic E-state index is 11.6. The zero-order chi connectivity index (χ0) is 10.7. The number of methoxy groups -OCH3 is 1. The molecular weight excluding hydrogens is 180 g/mol. The first-order valence-corrected chi connectivity index (χ1v) is 4.37. The number of Topliss-reactive ketones (excluding diaryl/α,β-unsaturated/α-hetero) is 1. The molecule has 0 bridgehead atoms. The molecule has 0 radical (unpaired) electrons. The lowest BCUT2D eigenvalue weighted by molar-refractivity contribution is 0.0967. The average Bonchev–Trinajstić information content (AvgIpc) is 2.15. The number of hydrogen-bond acceptors (Lipinski definition) is 4. The van der Waals surface area contributed by atoms with Crippen molar-refractivity contribution in [2.24, 2.45) is 5.73 Å². The molecule has 1 atom stereocenters. The highest BCUT2D eigenvalue weighted by molar-refractivity contribution is 5.99. The Bertz CT molecular complexity index is 348. The summed E-state index contributed by atoms with van der Waals surface area (Å²) in [5, 5.41) is 0. The van der Waals surface area contributed by atoms with Crippen LogP contribution in [0.15, 0.2) is 12.1 Å². The number of hydrogen-bond donors (Lipinski definition) is 1. The lowest BCUT2D eigenvalue weighted by atomic mass is 10.1. The molecule has 0 saturated carbocycles. The maximum atomic E-state index is 11.6. The molecule has 0 saturated heterocycles. The predicted molar refractivity (Wildman–Crippen MR) is 53.5 cm³/mol. The number of carbonyl (C=O) groups excluding carboxylic acids is 1. The summed E-state index contributed by atoms with van der Waals surface area (Å²) in [6.07, 6.45) is 0. The van der Waals surface area contributed by atoms with Gasteiger partial charge in [-0.25, -0.2) is 4.98 Å². The highest BCUT2D eigenvalue weighted by Gasteiger charge is 2.12. The topological polar surface area (TPSA) is 65.2 Å². The lowest BCUT2D eigenvalue weighted by Gasteiger charge is -2.07. The Morgan fingerprint density at radius 2 is 2.21 bits per heavy atom. The molecule has 0 aliphatic carbocycles. The molecule has 0 aromatic carbocycles. The first kappa shape index (κ1) is 10.7. The quantitative estimate of drug-likeness (QED) is 0.727. The molecule has 1 rings (SSSR count). The van der Waals surface area contributed by atoms with Gasteiger partial charge >= 0.3 is 0 Å². The second-order valence-electron chi connectivity index (χ2n) is 3.19. The summed E-state index contributed by atoms with van der Waals surface area (Å²) in [4.78, 5) is 15.6. The van der Waals surface area contributed by atoms with Crippen molar-refractivity contribution in [1.82, 2.24) is 4.98 Å². The van der Waals surface area contributed by atoms with Gasteiger partial charge in [-0.15, -0.1) is 0 Å². The highest BCUT2D eigenvalue weighted by Crippen LogP contribution is 2.13. The number of nitrogens with two attached hydrogens (primary N) is 1. The molecular formula is C10H14N2O2. The number of aromatic nitrogens is 1. The molecule has 0 spiro atoms. The predicted octanol–water partition coefficient (Wildman–Crippen LogP) is 0.929. The van der Waals surface area contributed by atoms with Crippen LogP contribution >= 0.6 is 0 Å². The van der Waals surface area contributed by atoms with Crippen LogP contribution in [0.5, 0.6) is 5.88 Å². The van der Waals surface area contributed by atoms with Gasteiger partial charge in [-0.2, -0.15) is 0 Å². The van der Waals surface area contributed by atoms with Gasteiger partial charge < -0.3 is 10.5 Å². The van der Waals surface area contributed by atoms with Crippen LogP contribution in [0.2, 0.25) is 0 Å². The summed E-state index contributed by atoms with van der Waals surface area (Å²) in [5.41, 5.74) is 6.79. The van der Waals surface area contributed by atoms with E-state index in [1.807, 2.05) is 0 Å². The minimum absolute atomic E-state index is 0.103. The zero-order valence-electron chi connectivity index (χ0n) is 8.57. The van der Waals surface area contributed by atoms with Gasteiger partial charge in [0.25, 0.3) is 0 Å². The summed E-state index contributed by atoms with van der Waals surface area (Å²) in [5.74, 6) is 0.336. The summed E-state index contributed by atoms with van der Waals surface area (Å²) >= 11 is 0. The van der Waals surface area contributed by atoms with E-state index >= 15 is 0 Å². The highest BCUT2D eigenvalue weighted by atomic mass is 16.5. The summed E-state index contributed by atoms with van der Waals surface area (Å²) in [6, 6.07) is 2.80. The number of nitrogens with zero attached hydrogens (tertiary/aromatic N) is 1. The molecule has 1 heterocycles. The Labute approximate surface area is 83.1 Å². The normalized spacial score (nSPS) is 12.3. The van der Waals surface area contributed by atoms with E-state index in [2.05, 4.69) is 4.98 Å². The van der Waals surface area contributed by atoms with E-state index < -0.39 is 6.04 Å². The van der Waals surface area contributed by atoms with E-state index in [0.29, 0.717) is 11.4 Å². The number of rotatable bonds is 3. The van der Waals surface area contributed by atoms with Gasteiger partial charge in [-0.05, 0) is 19.9 Å². The Morgan fingerprint density at radius 1 is 1.57 bits per heavy atom. The smallest absolute Gasteiger partial charge is 0.213 e. The third-order valence-electron chi connectivity index (χ3n) is 1.84. The molecule has 1 unspecified atom stereocenters. The number of carbonyl (C=O) groups is 1. The number of aryl methyl sites for hydroxylation is 1. The maximum Gasteiger partial charge on any atom is 0.213 e. The SMILES string of the molecule is COc1cc(C(=O)C(C)N)cc(C)n1. The van der Waals surface area contributed by atoms with Crippen molar-refractivity contribution in [3.8, 4) is 5.88 Å². The van der Waals surface area contributed by atoms with Gasteiger partial charge in [0.05, 0.1) is 13.2 Å². The van der Waals surface area contributed by atoms with E-state index in [9.17, 15) is 4.79 Å². The molecule has 0 aliphatic heterocycles. The van der Waals surface area contributed by atoms with E-state index in [1.54, 1.807) is 26.0 Å². The summed E-state index contributed by atoms with van der Waals surface area (Å²) < 4.78 is 4.96. The van der Waals surface area contributed by atoms with Crippen LogP contribution in [-0.2, 0) is 0 Å². The number of ketones is 1. The van der Waals surface area contributed by atoms with E-state index in [-0.39, 0.29) is 5.78 Å². The molecule has 4 nitrogen and oxygen atoms in total. The van der Waals surface area contributed by atoms with Crippen molar-refractivity contribution >= 4 is 5.78 Å². The van der Waals surface area contributed by atoms with Crippen molar-refractivity contribution in [2.45, 2.75) is 19.9 Å². The van der Waals surface area contributed by atoms with Gasteiger partial charge in [0.15, 0.2) is 5.78 Å². The number of ether oxygens (including phenoxy) is 1. The second-order valence-corrected chi connectivity index (χ2v) is 3.19. The van der Waals surface area contributed by atoms with Crippen LogP contribution in [0.3, 0.4) is 0 Å². The van der Waals surface area contributed by atoms with Crippen molar-refractivity contribution < 1.29 is 9.53 Å². The molecule has 1 aromatic rings. The van der Waals surface area contributed by atoms with Crippen LogP contribution in [0.4, 0.5) is 0 Å². The molecule has 2 N–H and O–H groups in total. The minimum atomic E-state index is -0.499. The van der Waals surface area contributed by atoms with Gasteiger partial charge in [0, 0.05) is 17.3 Å². The van der Waals surface area contributed by atoms with E-state index in [0.717, 1.165) is 5.69 Å². The van der Waals surface area contributed by atoms with Gasteiger partial charge in [-0.3, -0.25) is 4.79 Å². The largest absolute Gasteiger partial charge is 0.481 e. The van der Waals surface area contributed by atoms with Crippen LogP contribution < -0.4 is 10.5 Å². The monoisotopic (exact) mass is 194 g/mol. The fraction of sp³-hybridized carbons (Fsp3) is 0.400. The summed E-state index contributed by atoms with van der Waals surface area (Å²) in [6.45, 7) is 3.46. The van der Waals surface area contributed by atoms with Gasteiger partial charge in [0.1, 0.15) is 0 Å². The van der Waals surface area contributed by atoms with Crippen molar-refractivity contribution in [2.75, 3.05) is 7.11 Å². The van der Waals surface area contributed by atoms with Gasteiger partial charge in [-0.1, -0.05) is 0 Å². The van der Waals surface area contributed by atoms with Crippen LogP contribution in [0.25, 0.3) is 0 Å². The second kappa shape index (κ2) is 4.19. The van der Waals surface area contributed by atoms with Gasteiger partial charge in [0.2, 0.25) is 5.88 Å². The molecule has 76 valence electrons. The standard InChI is InChI=1S/C10H14N2O2/c1-6-4-8(10(13)7(2)11)5-9(12-6)14-3/h4-5,7H,11H2,1-3H3. The summed E-state index contributed by atoms with van der Waals surface area (Å²) in [7, 11) is 1.52. The molecule has 0 aliphatic rings. The molecule has 14 heavy (non-hydrogen) atoms. The van der Waals surface area contributed by atoms with Crippen LogP contribution in [0, 0.1) is 6.92 Å². The third kappa shape index (κ3) is 2.29. The van der Waals surface area contributed by atoms with Crippen LogP contribution in [0.1, 0.15) is 23.0 Å². The third-order valence-corrected chi connectivity index (χ3v) is 1.84. The Morgan fingerprint density at radius 3 is 2.71 bits per heavy atom. The number of pyridine rings is 1. The minimum Gasteiger partial charge on any atom is -0.481 e. The lowest BCUT2D eigenvalue weighted by Crippen LogP contribution is -2.26. The molecule has 4 heteroatoms. The van der Waals surface area contributed by atoms with Crippen molar-refractivity contribution in [3.63, 3.8) is 0 Å². The molecule has 0 amide bonds. The average molecular weight is 194 g/mol. The Kier molecular flexibility index (Phi) is 3.19. The van der Waals surface area contributed by atoms with Crippen LogP contribution in [-0.4, -0.2) is 23.9 Å². The molecule has 1 aromatic heterocycles. The van der Waals surface area contributed by atoms with Crippen molar-refractivity contribution in [3.05, 3.63) is 23.4 Å². The Hall–Kier alpha value is -1.42. The fourth-order valence-electron chi connectivity index (χ4n) is 1.15. The zero-order valence-corrected chi connectivity index (χ0v) is 8.57. The first-order valence-electron chi connectivity index (χ1n) is 4.37. The van der Waals surface area contributed by atoms with E-state index in [1.165, 1.54) is 7.11 Å².